The first-order valence-electron chi connectivity index (χ1n) is 12.3. The largest absolute Gasteiger partial charge is 0.350 e. The molecule has 7 nitrogen and oxygen atoms in total. The van der Waals surface area contributed by atoms with Crippen LogP contribution in [0.5, 0.6) is 0 Å². The maximum Gasteiger partial charge on any atom is 0.262 e. The van der Waals surface area contributed by atoms with Crippen LogP contribution in [0.15, 0.2) is 82.7 Å². The van der Waals surface area contributed by atoms with E-state index >= 15 is 0 Å². The minimum atomic E-state index is -0.175. The summed E-state index contributed by atoms with van der Waals surface area (Å²) >= 11 is 1.23. The van der Waals surface area contributed by atoms with Gasteiger partial charge in [0.05, 0.1) is 23.2 Å². The molecule has 0 spiro atoms. The number of carbonyl (C=O) groups is 2. The summed E-state index contributed by atoms with van der Waals surface area (Å²) in [6.07, 6.45) is 0.813. The van der Waals surface area contributed by atoms with Crippen molar-refractivity contribution >= 4 is 40.2 Å². The number of nitrogens with zero attached hydrogens (tertiary/aromatic N) is 2. The van der Waals surface area contributed by atoms with Gasteiger partial charge in [-0.3, -0.25) is 19.0 Å². The molecule has 37 heavy (non-hydrogen) atoms. The first kappa shape index (κ1) is 26.2. The molecule has 3 aromatic carbocycles. The first-order chi connectivity index (χ1) is 17.9. The maximum absolute atomic E-state index is 13.4. The number of para-hydroxylation sites is 2. The van der Waals surface area contributed by atoms with Crippen molar-refractivity contribution in [1.29, 1.82) is 0 Å². The Kier molecular flexibility index (Phi) is 8.40. The molecule has 2 N–H and O–H groups in total. The summed E-state index contributed by atoms with van der Waals surface area (Å²) in [5.41, 5.74) is 3.67. The van der Waals surface area contributed by atoms with Gasteiger partial charge in [0.2, 0.25) is 5.91 Å². The highest BCUT2D eigenvalue weighted by Gasteiger charge is 2.15. The summed E-state index contributed by atoms with van der Waals surface area (Å²) in [6.45, 7) is 6.13. The van der Waals surface area contributed by atoms with Crippen LogP contribution in [-0.2, 0) is 17.8 Å². The lowest BCUT2D eigenvalue weighted by atomic mass is 10.1. The van der Waals surface area contributed by atoms with Gasteiger partial charge < -0.3 is 10.6 Å². The fourth-order valence-electron chi connectivity index (χ4n) is 3.95. The van der Waals surface area contributed by atoms with Gasteiger partial charge in [0.15, 0.2) is 5.16 Å². The van der Waals surface area contributed by atoms with Crippen molar-refractivity contribution in [3.63, 3.8) is 0 Å². The zero-order chi connectivity index (χ0) is 26.4. The Bertz CT molecular complexity index is 1480. The SMILES string of the molecule is CCc1ccccc1NC(=O)CSc1nc2ccccc2c(=O)n1Cc1ccc(C(=O)NC(C)C)cc1. The Morgan fingerprint density at radius 2 is 1.68 bits per heavy atom. The molecule has 0 saturated heterocycles. The number of benzene rings is 3. The second kappa shape index (κ2) is 11.9. The minimum Gasteiger partial charge on any atom is -0.350 e. The molecule has 190 valence electrons. The molecule has 2 amide bonds. The van der Waals surface area contributed by atoms with Gasteiger partial charge in [-0.05, 0) is 61.7 Å². The van der Waals surface area contributed by atoms with Gasteiger partial charge in [0, 0.05) is 17.3 Å². The fraction of sp³-hybridized carbons (Fsp3) is 0.241. The summed E-state index contributed by atoms with van der Waals surface area (Å²) < 4.78 is 1.59. The van der Waals surface area contributed by atoms with Crippen LogP contribution in [0.4, 0.5) is 5.69 Å². The van der Waals surface area contributed by atoms with Gasteiger partial charge in [-0.1, -0.05) is 61.2 Å². The number of anilines is 1. The van der Waals surface area contributed by atoms with Gasteiger partial charge in [-0.2, -0.15) is 0 Å². The molecule has 8 heteroatoms. The Balaban J connectivity index is 1.58. The zero-order valence-electron chi connectivity index (χ0n) is 21.2. The molecule has 0 atom stereocenters. The molecule has 1 aromatic heterocycles. The van der Waals surface area contributed by atoms with Gasteiger partial charge in [-0.15, -0.1) is 0 Å². The number of aromatic nitrogens is 2. The van der Waals surface area contributed by atoms with Gasteiger partial charge in [0.25, 0.3) is 11.5 Å². The van der Waals surface area contributed by atoms with Crippen LogP contribution in [0, 0.1) is 0 Å². The number of fused-ring (bicyclic) bond motifs is 1. The van der Waals surface area contributed by atoms with Crippen molar-refractivity contribution in [2.24, 2.45) is 0 Å². The molecule has 0 radical (unpaired) electrons. The molecule has 4 rings (SSSR count). The van der Waals surface area contributed by atoms with E-state index in [4.69, 9.17) is 4.98 Å². The summed E-state index contributed by atoms with van der Waals surface area (Å²) in [5, 5.41) is 6.82. The highest BCUT2D eigenvalue weighted by molar-refractivity contribution is 7.99. The number of hydrogen-bond acceptors (Lipinski definition) is 5. The van der Waals surface area contributed by atoms with Crippen LogP contribution in [0.3, 0.4) is 0 Å². The van der Waals surface area contributed by atoms with Crippen molar-refractivity contribution < 1.29 is 9.59 Å². The highest BCUT2D eigenvalue weighted by Crippen LogP contribution is 2.21. The molecule has 0 aliphatic rings. The second-order valence-electron chi connectivity index (χ2n) is 8.98. The maximum atomic E-state index is 13.4. The summed E-state index contributed by atoms with van der Waals surface area (Å²) in [7, 11) is 0. The van der Waals surface area contributed by atoms with E-state index in [0.29, 0.717) is 21.6 Å². The Labute approximate surface area is 220 Å². The van der Waals surface area contributed by atoms with E-state index in [1.54, 1.807) is 28.8 Å². The lowest BCUT2D eigenvalue weighted by Crippen LogP contribution is -2.30. The Morgan fingerprint density at radius 1 is 0.973 bits per heavy atom. The van der Waals surface area contributed by atoms with E-state index in [1.165, 1.54) is 11.8 Å². The molecule has 0 unspecified atom stereocenters. The number of rotatable bonds is 9. The molecule has 4 aromatic rings. The Hall–Kier alpha value is -3.91. The zero-order valence-corrected chi connectivity index (χ0v) is 22.0. The van der Waals surface area contributed by atoms with Crippen LogP contribution in [0.1, 0.15) is 42.3 Å². The predicted octanol–water partition coefficient (Wildman–Crippen LogP) is 4.88. The van der Waals surface area contributed by atoms with E-state index in [0.717, 1.165) is 23.2 Å². The Morgan fingerprint density at radius 3 is 2.41 bits per heavy atom. The molecule has 0 fully saturated rings. The number of amides is 2. The second-order valence-corrected chi connectivity index (χ2v) is 9.92. The molecule has 1 heterocycles. The van der Waals surface area contributed by atoms with Crippen LogP contribution in [0.2, 0.25) is 0 Å². The van der Waals surface area contributed by atoms with E-state index in [9.17, 15) is 14.4 Å². The van der Waals surface area contributed by atoms with Crippen molar-refractivity contribution in [3.05, 3.63) is 99.8 Å². The van der Waals surface area contributed by atoms with Gasteiger partial charge in [0.1, 0.15) is 0 Å². The molecular weight excluding hydrogens is 484 g/mol. The smallest absolute Gasteiger partial charge is 0.262 e. The monoisotopic (exact) mass is 514 g/mol. The lowest BCUT2D eigenvalue weighted by Gasteiger charge is -2.14. The fourth-order valence-corrected chi connectivity index (χ4v) is 4.75. The van der Waals surface area contributed by atoms with E-state index < -0.39 is 0 Å². The van der Waals surface area contributed by atoms with Crippen molar-refractivity contribution in [1.82, 2.24) is 14.9 Å². The van der Waals surface area contributed by atoms with Crippen LogP contribution >= 0.6 is 11.8 Å². The molecule has 0 aliphatic carbocycles. The molecule has 0 saturated carbocycles. The van der Waals surface area contributed by atoms with Crippen LogP contribution in [-0.4, -0.2) is 33.2 Å². The summed E-state index contributed by atoms with van der Waals surface area (Å²) in [6, 6.07) is 22.1. The van der Waals surface area contributed by atoms with Crippen molar-refractivity contribution in [2.75, 3.05) is 11.1 Å². The number of carbonyl (C=O) groups excluding carboxylic acids is 2. The van der Waals surface area contributed by atoms with Crippen molar-refractivity contribution in [3.8, 4) is 0 Å². The van der Waals surface area contributed by atoms with Gasteiger partial charge >= 0.3 is 0 Å². The predicted molar refractivity (Wildman–Crippen MR) is 149 cm³/mol. The summed E-state index contributed by atoms with van der Waals surface area (Å²) in [4.78, 5) is 43.2. The topological polar surface area (TPSA) is 93.1 Å². The lowest BCUT2D eigenvalue weighted by molar-refractivity contribution is -0.113. The molecular formula is C29H30N4O3S. The normalized spacial score (nSPS) is 11.0. The average Bonchev–Trinajstić information content (AvgIpc) is 2.89. The first-order valence-corrected chi connectivity index (χ1v) is 13.2. The van der Waals surface area contributed by atoms with E-state index in [1.807, 2.05) is 69.3 Å². The summed E-state index contributed by atoms with van der Waals surface area (Å²) in [5.74, 6) is -0.199. The highest BCUT2D eigenvalue weighted by atomic mass is 32.2. The third-order valence-corrected chi connectivity index (χ3v) is 6.78. The van der Waals surface area contributed by atoms with E-state index in [2.05, 4.69) is 10.6 Å². The molecule has 0 aliphatic heterocycles. The number of nitrogens with one attached hydrogen (secondary N) is 2. The average molecular weight is 515 g/mol. The van der Waals surface area contributed by atoms with Crippen LogP contribution in [0.25, 0.3) is 10.9 Å². The standard InChI is InChI=1S/C29H30N4O3S/c1-4-21-9-5-7-11-24(21)31-26(34)18-37-29-32-25-12-8-6-10-23(25)28(36)33(29)17-20-13-15-22(16-14-20)27(35)30-19(2)3/h5-16,19H,4,17-18H2,1-3H3,(H,30,35)(H,31,34). The quantitative estimate of drug-likeness (QED) is 0.245. The number of hydrogen-bond donors (Lipinski definition) is 2. The third-order valence-electron chi connectivity index (χ3n) is 5.81. The van der Waals surface area contributed by atoms with Crippen LogP contribution < -0.4 is 16.2 Å². The minimum absolute atomic E-state index is 0.0432. The van der Waals surface area contributed by atoms with E-state index in [-0.39, 0.29) is 35.7 Å². The van der Waals surface area contributed by atoms with Gasteiger partial charge in [-0.25, -0.2) is 4.98 Å². The number of thioether (sulfide) groups is 1. The third kappa shape index (κ3) is 6.46. The number of aryl methyl sites for hydroxylation is 1. The van der Waals surface area contributed by atoms with Crippen molar-refractivity contribution in [2.45, 2.75) is 44.9 Å². The molecule has 0 bridgehead atoms.